The highest BCUT2D eigenvalue weighted by Gasteiger charge is 2.75. The van der Waals surface area contributed by atoms with Gasteiger partial charge in [-0.05, 0) is 25.7 Å². The molecule has 10 nitrogen and oxygen atoms in total. The zero-order valence-corrected chi connectivity index (χ0v) is 22.5. The van der Waals surface area contributed by atoms with Crippen LogP contribution in [0.25, 0.3) is 0 Å². The van der Waals surface area contributed by atoms with Crippen LogP contribution in [0.15, 0.2) is 12.7 Å². The van der Waals surface area contributed by atoms with Crippen LogP contribution in [-0.4, -0.2) is 121 Å². The fourth-order valence-corrected chi connectivity index (χ4v) is 6.76. The molecule has 2 unspecified atom stereocenters. The molecule has 4 heterocycles. The van der Waals surface area contributed by atoms with Gasteiger partial charge in [-0.15, -0.1) is 6.58 Å². The lowest BCUT2D eigenvalue weighted by Crippen LogP contribution is -2.60. The Labute approximate surface area is 219 Å². The zero-order valence-electron chi connectivity index (χ0n) is 22.5. The summed E-state index contributed by atoms with van der Waals surface area (Å²) in [6.07, 6.45) is 3.09. The number of hydrogen-bond donors (Lipinski definition) is 1. The van der Waals surface area contributed by atoms with Crippen molar-refractivity contribution in [3.8, 4) is 0 Å². The average molecular weight is 522 g/mol. The van der Waals surface area contributed by atoms with Gasteiger partial charge < -0.3 is 29.1 Å². The number of hydrogen-bond acceptors (Lipinski definition) is 8. The van der Waals surface area contributed by atoms with Crippen LogP contribution in [0.1, 0.15) is 40.0 Å². The van der Waals surface area contributed by atoms with Gasteiger partial charge in [0.1, 0.15) is 11.6 Å². The maximum atomic E-state index is 14.4. The van der Waals surface area contributed by atoms with Crippen LogP contribution in [0.5, 0.6) is 0 Å². The van der Waals surface area contributed by atoms with E-state index in [-0.39, 0.29) is 30.9 Å². The van der Waals surface area contributed by atoms with E-state index in [1.165, 1.54) is 0 Å². The normalized spacial score (nSPS) is 32.8. The van der Waals surface area contributed by atoms with Crippen molar-refractivity contribution in [2.75, 3.05) is 59.2 Å². The van der Waals surface area contributed by atoms with Gasteiger partial charge in [-0.3, -0.25) is 19.3 Å². The second-order valence-corrected chi connectivity index (χ2v) is 10.7. The van der Waals surface area contributed by atoms with E-state index in [2.05, 4.69) is 11.5 Å². The molecule has 2 bridgehead atoms. The van der Waals surface area contributed by atoms with Crippen molar-refractivity contribution < 1.29 is 33.7 Å². The fourth-order valence-electron chi connectivity index (χ4n) is 6.76. The van der Waals surface area contributed by atoms with Gasteiger partial charge in [0.2, 0.25) is 11.8 Å². The first-order chi connectivity index (χ1) is 17.8. The molecular formula is C27H43N3O7. The minimum absolute atomic E-state index is 0.0427. The Morgan fingerprint density at radius 3 is 2.68 bits per heavy atom. The first-order valence-corrected chi connectivity index (χ1v) is 13.8. The monoisotopic (exact) mass is 521 g/mol. The second kappa shape index (κ2) is 11.8. The van der Waals surface area contributed by atoms with Crippen LogP contribution in [-0.2, 0) is 28.6 Å². The summed E-state index contributed by atoms with van der Waals surface area (Å²) in [5, 5.41) is 10.4. The molecule has 0 radical (unpaired) electrons. The van der Waals surface area contributed by atoms with E-state index >= 15 is 0 Å². The smallest absolute Gasteiger partial charge is 0.312 e. The summed E-state index contributed by atoms with van der Waals surface area (Å²) < 4.78 is 17.3. The van der Waals surface area contributed by atoms with Crippen molar-refractivity contribution in [2.45, 2.75) is 63.8 Å². The predicted octanol–water partition coefficient (Wildman–Crippen LogP) is 0.678. The maximum absolute atomic E-state index is 14.4. The van der Waals surface area contributed by atoms with Gasteiger partial charge in [0.05, 0.1) is 50.4 Å². The van der Waals surface area contributed by atoms with Crippen molar-refractivity contribution in [2.24, 2.45) is 17.8 Å². The quantitative estimate of drug-likeness (QED) is 0.295. The summed E-state index contributed by atoms with van der Waals surface area (Å²) in [6, 6.07) is -1.47. The van der Waals surface area contributed by atoms with Crippen LogP contribution >= 0.6 is 0 Å². The number of nitrogens with zero attached hydrogens (tertiary/aromatic N) is 3. The third kappa shape index (κ3) is 4.93. The molecule has 0 aromatic carbocycles. The van der Waals surface area contributed by atoms with E-state index in [0.717, 1.165) is 19.5 Å². The number of ether oxygens (including phenoxy) is 3. The topological polar surface area (TPSA) is 109 Å². The number of likely N-dealkylation sites (tertiary alicyclic amines) is 1. The highest BCUT2D eigenvalue weighted by Crippen LogP contribution is 2.59. The van der Waals surface area contributed by atoms with Crippen molar-refractivity contribution in [3.05, 3.63) is 12.7 Å². The van der Waals surface area contributed by atoms with Crippen LogP contribution in [0.2, 0.25) is 0 Å². The zero-order chi connectivity index (χ0) is 26.7. The van der Waals surface area contributed by atoms with Gasteiger partial charge in [0, 0.05) is 32.7 Å². The fraction of sp³-hybridized carbons (Fsp3) is 0.815. The highest BCUT2D eigenvalue weighted by atomic mass is 16.6. The Morgan fingerprint density at radius 2 is 2.05 bits per heavy atom. The molecule has 0 aromatic rings. The van der Waals surface area contributed by atoms with Crippen molar-refractivity contribution in [1.82, 2.24) is 14.7 Å². The molecule has 1 spiro atoms. The van der Waals surface area contributed by atoms with E-state index in [9.17, 15) is 19.5 Å². The first kappa shape index (κ1) is 28.0. The second-order valence-electron chi connectivity index (χ2n) is 10.7. The number of fused-ring (bicyclic) bond motifs is 1. The Kier molecular flexibility index (Phi) is 8.93. The summed E-state index contributed by atoms with van der Waals surface area (Å²) in [7, 11) is 0. The third-order valence-electron chi connectivity index (χ3n) is 8.83. The largest absolute Gasteiger partial charge is 0.466 e. The minimum Gasteiger partial charge on any atom is -0.466 e. The van der Waals surface area contributed by atoms with Crippen LogP contribution < -0.4 is 0 Å². The summed E-state index contributed by atoms with van der Waals surface area (Å²) >= 11 is 0. The van der Waals surface area contributed by atoms with Gasteiger partial charge >= 0.3 is 5.97 Å². The molecule has 2 amide bonds. The molecule has 4 aliphatic rings. The summed E-state index contributed by atoms with van der Waals surface area (Å²) in [5.41, 5.74) is -1.10. The van der Waals surface area contributed by atoms with E-state index in [0.29, 0.717) is 45.7 Å². The molecule has 4 saturated heterocycles. The molecular weight excluding hydrogens is 478 g/mol. The molecule has 37 heavy (non-hydrogen) atoms. The van der Waals surface area contributed by atoms with E-state index in [1.54, 1.807) is 22.8 Å². The SMILES string of the molecule is C=CCN(CCN1CCOCC1)C(=O)C1N([C@@H](CO)[C@@H](C)CC)C(=O)[C@@H]2[C@@H](C(=O)OCC)[C@H]3CCC12O3. The molecule has 7 atom stereocenters. The van der Waals surface area contributed by atoms with Gasteiger partial charge in [-0.25, -0.2) is 0 Å². The molecule has 10 heteroatoms. The van der Waals surface area contributed by atoms with E-state index < -0.39 is 41.6 Å². The molecule has 0 aromatic heterocycles. The number of carbonyl (C=O) groups excluding carboxylic acids is 3. The van der Waals surface area contributed by atoms with E-state index in [1.807, 2.05) is 13.8 Å². The lowest BCUT2D eigenvalue weighted by atomic mass is 9.70. The van der Waals surface area contributed by atoms with Crippen molar-refractivity contribution in [1.29, 1.82) is 0 Å². The number of esters is 1. The lowest BCUT2D eigenvalue weighted by Gasteiger charge is -2.41. The standard InChI is InChI=1S/C27H43N3O7/c1-5-10-29(12-11-28-13-15-35-16-14-28)25(33)23-27-9-8-20(37-27)21(26(34)36-7-3)22(27)24(32)30(23)19(17-31)18(4)6-2/h5,18-23,31H,1,6-17H2,2-4H3/t18-,19-,20+,21-,22-,23?,27?/m0/s1. The molecule has 4 rings (SSSR count). The lowest BCUT2D eigenvalue weighted by molar-refractivity contribution is -0.157. The first-order valence-electron chi connectivity index (χ1n) is 13.8. The molecule has 1 N–H and O–H groups in total. The Bertz CT molecular complexity index is 863. The number of morpholine rings is 1. The summed E-state index contributed by atoms with van der Waals surface area (Å²) in [5.74, 6) is -2.51. The number of amides is 2. The van der Waals surface area contributed by atoms with Gasteiger partial charge in [0.15, 0.2) is 0 Å². The number of aliphatic hydroxyl groups is 1. The Hall–Kier alpha value is -2.01. The molecule has 208 valence electrons. The van der Waals surface area contributed by atoms with Crippen molar-refractivity contribution >= 4 is 17.8 Å². The Balaban J connectivity index is 1.69. The minimum atomic E-state index is -1.10. The van der Waals surface area contributed by atoms with Gasteiger partial charge in [0.25, 0.3) is 0 Å². The molecule has 0 aliphatic carbocycles. The van der Waals surface area contributed by atoms with Gasteiger partial charge in [-0.1, -0.05) is 26.3 Å². The van der Waals surface area contributed by atoms with Crippen LogP contribution in [0.3, 0.4) is 0 Å². The maximum Gasteiger partial charge on any atom is 0.312 e. The van der Waals surface area contributed by atoms with Crippen molar-refractivity contribution in [3.63, 3.8) is 0 Å². The Morgan fingerprint density at radius 1 is 1.32 bits per heavy atom. The molecule has 0 saturated carbocycles. The average Bonchev–Trinajstić information content (AvgIpc) is 3.55. The number of aliphatic hydroxyl groups excluding tert-OH is 1. The number of carbonyl (C=O) groups is 3. The molecule has 4 aliphatic heterocycles. The van der Waals surface area contributed by atoms with E-state index in [4.69, 9.17) is 14.2 Å². The van der Waals surface area contributed by atoms with Gasteiger partial charge in [-0.2, -0.15) is 0 Å². The van der Waals surface area contributed by atoms with Crippen LogP contribution in [0.4, 0.5) is 0 Å². The summed E-state index contributed by atoms with van der Waals surface area (Å²) in [4.78, 5) is 47.1. The summed E-state index contributed by atoms with van der Waals surface area (Å²) in [6.45, 7) is 14.0. The molecule has 4 fully saturated rings. The predicted molar refractivity (Wildman–Crippen MR) is 135 cm³/mol. The third-order valence-corrected chi connectivity index (χ3v) is 8.83. The van der Waals surface area contributed by atoms with Crippen LogP contribution in [0, 0.1) is 17.8 Å². The number of rotatable bonds is 12. The highest BCUT2D eigenvalue weighted by molar-refractivity contribution is 5.98.